The number of hydrogen-bond donors (Lipinski definition) is 0. The predicted molar refractivity (Wildman–Crippen MR) is 223 cm³/mol. The Hall–Kier alpha value is -5.74. The van der Waals surface area contributed by atoms with Crippen LogP contribution in [0.5, 0.6) is 0 Å². The number of hydrogen-bond acceptors (Lipinski definition) is 2. The maximum Gasteiger partial charge on any atom is 0.213 e. The molecule has 8 rings (SSSR count). The van der Waals surface area contributed by atoms with Gasteiger partial charge in [0.05, 0.1) is 17.2 Å². The van der Waals surface area contributed by atoms with Crippen molar-refractivity contribution in [3.05, 3.63) is 180 Å². The van der Waals surface area contributed by atoms with Gasteiger partial charge in [0.2, 0.25) is 11.0 Å². The fourth-order valence-corrected chi connectivity index (χ4v) is 8.80. The molecular weight excluding hydrogens is 645 g/mol. The molecule has 0 N–H and O–H groups in total. The van der Waals surface area contributed by atoms with Gasteiger partial charge in [-0.25, -0.2) is 0 Å². The largest absolute Gasteiger partial charge is 0.347 e. The van der Waals surface area contributed by atoms with Gasteiger partial charge in [-0.05, 0) is 58.7 Å². The number of para-hydroxylation sites is 4. The lowest BCUT2D eigenvalue weighted by atomic mass is 9.84. The van der Waals surface area contributed by atoms with E-state index in [0.717, 1.165) is 19.5 Å². The molecule has 2 aromatic heterocycles. The summed E-state index contributed by atoms with van der Waals surface area (Å²) in [5.74, 6) is 0. The number of aromatic nitrogens is 2. The molecule has 0 bridgehead atoms. The Balaban J connectivity index is 0.984. The number of aryl methyl sites for hydroxylation is 2. The summed E-state index contributed by atoms with van der Waals surface area (Å²) in [4.78, 5) is 4.66. The van der Waals surface area contributed by atoms with Crippen LogP contribution in [0.3, 0.4) is 0 Å². The summed E-state index contributed by atoms with van der Waals surface area (Å²) in [5.41, 5.74) is 12.9. The van der Waals surface area contributed by atoms with Crippen LogP contribution >= 0.6 is 0 Å². The first-order valence-corrected chi connectivity index (χ1v) is 18.9. The number of likely N-dealkylation sites (N-methyl/N-ethyl adjacent to an activating group) is 2. The van der Waals surface area contributed by atoms with Crippen LogP contribution in [0.15, 0.2) is 157 Å². The van der Waals surface area contributed by atoms with Crippen LogP contribution in [0.1, 0.15) is 56.4 Å². The minimum absolute atomic E-state index is 0.0346. The highest BCUT2D eigenvalue weighted by molar-refractivity contribution is 5.87. The van der Waals surface area contributed by atoms with E-state index in [1.54, 1.807) is 0 Å². The number of rotatable bonds is 8. The summed E-state index contributed by atoms with van der Waals surface area (Å²) in [7, 11) is 4.35. The van der Waals surface area contributed by atoms with Crippen LogP contribution in [0.2, 0.25) is 0 Å². The number of pyridine rings is 2. The van der Waals surface area contributed by atoms with E-state index in [-0.39, 0.29) is 10.8 Å². The first-order chi connectivity index (χ1) is 25.7. The maximum atomic E-state index is 2.41. The first-order valence-electron chi connectivity index (χ1n) is 18.9. The molecule has 0 saturated heterocycles. The van der Waals surface area contributed by atoms with Crippen LogP contribution in [-0.4, -0.2) is 14.1 Å². The lowest BCUT2D eigenvalue weighted by molar-refractivity contribution is -0.702. The molecule has 2 aliphatic heterocycles. The maximum absolute atomic E-state index is 2.41. The van der Waals surface area contributed by atoms with E-state index in [9.17, 15) is 0 Å². The molecule has 0 amide bonds. The summed E-state index contributed by atoms with van der Waals surface area (Å²) in [5, 5.41) is 2.54. The number of anilines is 2. The third-order valence-corrected chi connectivity index (χ3v) is 11.7. The molecule has 0 unspecified atom stereocenters. The molecule has 4 nitrogen and oxygen atoms in total. The van der Waals surface area contributed by atoms with E-state index >= 15 is 0 Å². The van der Waals surface area contributed by atoms with Gasteiger partial charge in [0.15, 0.2) is 25.5 Å². The van der Waals surface area contributed by atoms with E-state index in [1.807, 2.05) is 0 Å². The van der Waals surface area contributed by atoms with Crippen molar-refractivity contribution < 1.29 is 9.13 Å². The molecule has 0 spiro atoms. The topological polar surface area (TPSA) is 14.2 Å². The molecule has 2 aliphatic rings. The third-order valence-electron chi connectivity index (χ3n) is 11.7. The van der Waals surface area contributed by atoms with Crippen molar-refractivity contribution >= 4 is 45.3 Å². The molecule has 6 aromatic rings. The van der Waals surface area contributed by atoms with Gasteiger partial charge in [-0.1, -0.05) is 113 Å². The summed E-state index contributed by atoms with van der Waals surface area (Å²) in [6.07, 6.45) is 19.0. The molecule has 0 saturated carbocycles. The van der Waals surface area contributed by atoms with Crippen molar-refractivity contribution in [1.29, 1.82) is 0 Å². The van der Waals surface area contributed by atoms with Crippen molar-refractivity contribution in [3.8, 4) is 0 Å². The second kappa shape index (κ2) is 13.7. The van der Waals surface area contributed by atoms with Gasteiger partial charge in [0, 0.05) is 72.0 Å². The molecule has 4 aromatic carbocycles. The second-order valence-corrected chi connectivity index (χ2v) is 15.5. The molecule has 264 valence electrons. The zero-order valence-electron chi connectivity index (χ0n) is 31.9. The summed E-state index contributed by atoms with van der Waals surface area (Å²) in [6.45, 7) is 11.1. The molecule has 0 aliphatic carbocycles. The van der Waals surface area contributed by atoms with Gasteiger partial charge in [-0.15, -0.1) is 0 Å². The van der Waals surface area contributed by atoms with Crippen molar-refractivity contribution in [2.24, 2.45) is 0 Å². The van der Waals surface area contributed by atoms with Gasteiger partial charge >= 0.3 is 0 Å². The Bertz CT molecular complexity index is 2300. The van der Waals surface area contributed by atoms with Crippen LogP contribution in [0.4, 0.5) is 11.4 Å². The van der Waals surface area contributed by atoms with Crippen molar-refractivity contribution in [2.75, 3.05) is 23.9 Å². The van der Waals surface area contributed by atoms with Gasteiger partial charge in [0.1, 0.15) is 0 Å². The number of nitrogens with zero attached hydrogens (tertiary/aromatic N) is 4. The van der Waals surface area contributed by atoms with Gasteiger partial charge in [-0.3, -0.25) is 0 Å². The molecule has 4 heterocycles. The zero-order valence-corrected chi connectivity index (χ0v) is 31.9. The number of fused-ring (bicyclic) bond motifs is 4. The summed E-state index contributed by atoms with van der Waals surface area (Å²) < 4.78 is 4.81. The Kier molecular flexibility index (Phi) is 8.86. The lowest BCUT2D eigenvalue weighted by Crippen LogP contribution is -2.39. The monoisotopic (exact) mass is 694 g/mol. The Morgan fingerprint density at radius 1 is 0.509 bits per heavy atom. The second-order valence-electron chi connectivity index (χ2n) is 15.5. The molecule has 53 heavy (non-hydrogen) atoms. The Labute approximate surface area is 315 Å². The van der Waals surface area contributed by atoms with E-state index in [4.69, 9.17) is 0 Å². The highest BCUT2D eigenvalue weighted by atomic mass is 15.2. The molecule has 4 heteroatoms. The summed E-state index contributed by atoms with van der Waals surface area (Å²) >= 11 is 0. The average molecular weight is 695 g/mol. The van der Waals surface area contributed by atoms with Crippen LogP contribution < -0.4 is 18.9 Å². The van der Waals surface area contributed by atoms with E-state index in [2.05, 4.69) is 219 Å². The Morgan fingerprint density at radius 3 is 1.34 bits per heavy atom. The smallest absolute Gasteiger partial charge is 0.213 e. The minimum Gasteiger partial charge on any atom is -0.347 e. The molecule has 0 fully saturated rings. The lowest BCUT2D eigenvalue weighted by Gasteiger charge is -2.23. The average Bonchev–Trinajstić information content (AvgIpc) is 3.49. The summed E-state index contributed by atoms with van der Waals surface area (Å²) in [6, 6.07) is 39.6. The van der Waals surface area contributed by atoms with Crippen molar-refractivity contribution in [2.45, 2.75) is 58.0 Å². The highest BCUT2D eigenvalue weighted by Gasteiger charge is 2.38. The predicted octanol–water partition coefficient (Wildman–Crippen LogP) is 10.3. The van der Waals surface area contributed by atoms with Crippen LogP contribution in [-0.2, 0) is 23.9 Å². The normalized spacial score (nSPS) is 17.6. The van der Waals surface area contributed by atoms with E-state index < -0.39 is 0 Å². The van der Waals surface area contributed by atoms with Crippen molar-refractivity contribution in [3.63, 3.8) is 0 Å². The first kappa shape index (κ1) is 34.4. The fourth-order valence-electron chi connectivity index (χ4n) is 8.80. The van der Waals surface area contributed by atoms with E-state index in [1.165, 1.54) is 66.8 Å². The zero-order chi connectivity index (χ0) is 36.7. The van der Waals surface area contributed by atoms with Gasteiger partial charge < -0.3 is 9.80 Å². The molecule has 0 radical (unpaired) electrons. The van der Waals surface area contributed by atoms with Gasteiger partial charge in [0.25, 0.3) is 0 Å². The fraction of sp³-hybridized carbons (Fsp3) is 0.224. The third kappa shape index (κ3) is 6.06. The van der Waals surface area contributed by atoms with Crippen LogP contribution in [0, 0.1) is 0 Å². The van der Waals surface area contributed by atoms with Crippen LogP contribution in [0.25, 0.3) is 34.0 Å². The van der Waals surface area contributed by atoms with Gasteiger partial charge in [-0.2, -0.15) is 9.13 Å². The standard InChI is InChI=1S/C49H50N4/c1-48(2)40-22-9-13-26-44(40)50(5)46(48)28-15-18-36-30-34-52(42-24-11-7-20-38(36)42)32-17-33-53-35-31-37(39-21-8-12-25-43(39)53)19-16-29-47-49(3,4)41-23-10-14-27-45(41)51(47)6/h7-16,18-31,34-35H,17,32-33H2,1-6H3/q+2. The van der Waals surface area contributed by atoms with E-state index in [0.29, 0.717) is 0 Å². The highest BCUT2D eigenvalue weighted by Crippen LogP contribution is 2.47. The molecule has 0 atom stereocenters. The quantitative estimate of drug-likeness (QED) is 0.147. The van der Waals surface area contributed by atoms with Crippen molar-refractivity contribution in [1.82, 2.24) is 0 Å². The number of allylic oxidation sites excluding steroid dienone is 6. The molecular formula is C49H50N4+2. The Morgan fingerprint density at radius 2 is 0.906 bits per heavy atom. The number of benzene rings is 4. The SMILES string of the molecule is CN1/C(=C/C=C/c2cc[n+](CCC[n+]3ccc(/C=C/C=C4/N(C)c5ccccc5C4(C)C)c4ccccc43)c3ccccc23)C(C)(C)c2ccccc21. The minimum atomic E-state index is -0.0346.